The third-order valence-electron chi connectivity index (χ3n) is 5.74. The van der Waals surface area contributed by atoms with Gasteiger partial charge in [0.2, 0.25) is 5.91 Å². The Labute approximate surface area is 157 Å². The molecule has 1 aliphatic heterocycles. The van der Waals surface area contributed by atoms with Gasteiger partial charge in [0.05, 0.1) is 17.1 Å². The van der Waals surface area contributed by atoms with Gasteiger partial charge in [-0.25, -0.2) is 4.68 Å². The topological polar surface area (TPSA) is 73.3 Å². The van der Waals surface area contributed by atoms with Gasteiger partial charge in [0.1, 0.15) is 17.8 Å². The van der Waals surface area contributed by atoms with Crippen LogP contribution in [-0.4, -0.2) is 37.2 Å². The van der Waals surface area contributed by atoms with Crippen molar-refractivity contribution in [2.45, 2.75) is 72.1 Å². The van der Waals surface area contributed by atoms with Gasteiger partial charge in [-0.05, 0) is 47.0 Å². The minimum Gasteiger partial charge on any atom is -0.459 e. The number of nitrogens with zero attached hydrogens (tertiary/aromatic N) is 4. The van der Waals surface area contributed by atoms with Crippen molar-refractivity contribution < 1.29 is 9.21 Å². The molecule has 0 saturated carbocycles. The average Bonchev–Trinajstić information content (AvgIpc) is 3.12. The van der Waals surface area contributed by atoms with Crippen molar-refractivity contribution in [3.05, 3.63) is 28.4 Å². The maximum absolute atomic E-state index is 13.1. The summed E-state index contributed by atoms with van der Waals surface area (Å²) >= 11 is 0. The standard InChI is InChI=1S/C20H26N4O3/c1-5-22-16-9-14(4)27-19(16)15-10-21-23(20(26)18(15)22)11-17(25)24-12(2)7-6-8-13(24)3/h9-10,12-13H,5-8,11H2,1-4H3/t12-,13-/m0/s1. The lowest BCUT2D eigenvalue weighted by Crippen LogP contribution is -2.49. The van der Waals surface area contributed by atoms with Crippen molar-refractivity contribution in [3.63, 3.8) is 0 Å². The maximum atomic E-state index is 13.1. The van der Waals surface area contributed by atoms with Gasteiger partial charge < -0.3 is 13.9 Å². The van der Waals surface area contributed by atoms with Crippen molar-refractivity contribution >= 4 is 27.9 Å². The van der Waals surface area contributed by atoms with E-state index in [1.54, 1.807) is 6.20 Å². The molecule has 0 N–H and O–H groups in total. The first-order chi connectivity index (χ1) is 12.9. The van der Waals surface area contributed by atoms with E-state index in [1.807, 2.05) is 29.4 Å². The monoisotopic (exact) mass is 370 g/mol. The number of likely N-dealkylation sites (tertiary alicyclic amines) is 1. The van der Waals surface area contributed by atoms with Gasteiger partial charge in [-0.1, -0.05) is 0 Å². The first-order valence-electron chi connectivity index (χ1n) is 9.72. The Balaban J connectivity index is 1.76. The molecule has 3 aromatic rings. The first kappa shape index (κ1) is 17.8. The van der Waals surface area contributed by atoms with E-state index in [4.69, 9.17) is 4.42 Å². The van der Waals surface area contributed by atoms with Crippen LogP contribution in [0.25, 0.3) is 22.0 Å². The van der Waals surface area contributed by atoms with Gasteiger partial charge in [-0.3, -0.25) is 9.59 Å². The van der Waals surface area contributed by atoms with E-state index < -0.39 is 0 Å². The number of carbonyl (C=O) groups is 1. The molecule has 0 bridgehead atoms. The van der Waals surface area contributed by atoms with E-state index in [0.29, 0.717) is 23.0 Å². The number of aryl methyl sites for hydroxylation is 2. The van der Waals surface area contributed by atoms with Crippen LogP contribution in [0, 0.1) is 6.92 Å². The number of furan rings is 1. The Bertz CT molecular complexity index is 1060. The third-order valence-corrected chi connectivity index (χ3v) is 5.74. The zero-order valence-corrected chi connectivity index (χ0v) is 16.4. The van der Waals surface area contributed by atoms with E-state index in [0.717, 1.165) is 30.5 Å². The Morgan fingerprint density at radius 3 is 2.67 bits per heavy atom. The van der Waals surface area contributed by atoms with Gasteiger partial charge in [0.15, 0.2) is 5.58 Å². The number of aromatic nitrogens is 3. The molecule has 0 unspecified atom stereocenters. The highest BCUT2D eigenvalue weighted by atomic mass is 16.3. The van der Waals surface area contributed by atoms with Crippen LogP contribution in [0.1, 0.15) is 45.8 Å². The van der Waals surface area contributed by atoms with Crippen molar-refractivity contribution in [2.24, 2.45) is 0 Å². The summed E-state index contributed by atoms with van der Waals surface area (Å²) in [6.07, 6.45) is 4.79. The predicted octanol–water partition coefficient (Wildman–Crippen LogP) is 3.06. The van der Waals surface area contributed by atoms with Crippen LogP contribution in [0.5, 0.6) is 0 Å². The van der Waals surface area contributed by atoms with E-state index in [9.17, 15) is 9.59 Å². The van der Waals surface area contributed by atoms with Crippen molar-refractivity contribution in [1.82, 2.24) is 19.2 Å². The normalized spacial score (nSPS) is 20.7. The number of fused-ring (bicyclic) bond motifs is 3. The Hall–Kier alpha value is -2.57. The van der Waals surface area contributed by atoms with Crippen LogP contribution in [0.4, 0.5) is 0 Å². The second-order valence-corrected chi connectivity index (χ2v) is 7.62. The lowest BCUT2D eigenvalue weighted by atomic mass is 9.97. The molecular formula is C20H26N4O3. The molecule has 0 spiro atoms. The number of amides is 1. The molecule has 7 nitrogen and oxygen atoms in total. The molecule has 1 amide bonds. The van der Waals surface area contributed by atoms with Crippen molar-refractivity contribution in [1.29, 1.82) is 0 Å². The minimum atomic E-state index is -0.246. The molecule has 27 heavy (non-hydrogen) atoms. The molecule has 0 aliphatic carbocycles. The van der Waals surface area contributed by atoms with Crippen LogP contribution in [0.2, 0.25) is 0 Å². The van der Waals surface area contributed by atoms with Crippen LogP contribution >= 0.6 is 0 Å². The third kappa shape index (κ3) is 2.76. The molecule has 4 heterocycles. The SMILES string of the molecule is CCn1c2cc(C)oc2c2cnn(CC(=O)N3[C@@H](C)CCC[C@@H]3C)c(=O)c21. The van der Waals surface area contributed by atoms with E-state index >= 15 is 0 Å². The van der Waals surface area contributed by atoms with Crippen LogP contribution in [0.15, 0.2) is 21.5 Å². The van der Waals surface area contributed by atoms with Crippen LogP contribution < -0.4 is 5.56 Å². The highest BCUT2D eigenvalue weighted by molar-refractivity contribution is 6.04. The first-order valence-corrected chi connectivity index (χ1v) is 9.72. The number of piperidine rings is 1. The fourth-order valence-electron chi connectivity index (χ4n) is 4.48. The lowest BCUT2D eigenvalue weighted by molar-refractivity contribution is -0.138. The van der Waals surface area contributed by atoms with Gasteiger partial charge in [-0.15, -0.1) is 0 Å². The Kier molecular flexibility index (Phi) is 4.32. The Morgan fingerprint density at radius 2 is 2.00 bits per heavy atom. The van der Waals surface area contributed by atoms with Gasteiger partial charge >= 0.3 is 0 Å². The average molecular weight is 370 g/mol. The molecule has 4 rings (SSSR count). The summed E-state index contributed by atoms with van der Waals surface area (Å²) in [4.78, 5) is 27.9. The van der Waals surface area contributed by atoms with Crippen LogP contribution in [0.3, 0.4) is 0 Å². The summed E-state index contributed by atoms with van der Waals surface area (Å²) in [5.41, 5.74) is 1.88. The smallest absolute Gasteiger partial charge is 0.291 e. The molecule has 0 radical (unpaired) electrons. The number of rotatable bonds is 3. The van der Waals surface area contributed by atoms with E-state index in [1.165, 1.54) is 4.68 Å². The summed E-state index contributed by atoms with van der Waals surface area (Å²) in [6, 6.07) is 2.33. The highest BCUT2D eigenvalue weighted by Gasteiger charge is 2.29. The number of hydrogen-bond donors (Lipinski definition) is 0. The second-order valence-electron chi connectivity index (χ2n) is 7.62. The summed E-state index contributed by atoms with van der Waals surface area (Å²) in [5, 5.41) is 4.98. The van der Waals surface area contributed by atoms with E-state index in [-0.39, 0.29) is 30.1 Å². The van der Waals surface area contributed by atoms with Crippen LogP contribution in [-0.2, 0) is 17.9 Å². The van der Waals surface area contributed by atoms with Crippen molar-refractivity contribution in [3.8, 4) is 0 Å². The zero-order valence-electron chi connectivity index (χ0n) is 16.4. The molecule has 144 valence electrons. The quantitative estimate of drug-likeness (QED) is 0.710. The fraction of sp³-hybridized carbons (Fsp3) is 0.550. The fourth-order valence-corrected chi connectivity index (χ4v) is 4.48. The number of carbonyl (C=O) groups excluding carboxylic acids is 1. The summed E-state index contributed by atoms with van der Waals surface area (Å²) in [7, 11) is 0. The maximum Gasteiger partial charge on any atom is 0.291 e. The molecule has 0 aromatic carbocycles. The molecular weight excluding hydrogens is 344 g/mol. The lowest BCUT2D eigenvalue weighted by Gasteiger charge is -2.39. The van der Waals surface area contributed by atoms with E-state index in [2.05, 4.69) is 18.9 Å². The minimum absolute atomic E-state index is 0.0290. The zero-order chi connectivity index (χ0) is 19.3. The van der Waals surface area contributed by atoms with Gasteiger partial charge in [-0.2, -0.15) is 5.10 Å². The predicted molar refractivity (Wildman–Crippen MR) is 104 cm³/mol. The molecule has 1 aliphatic rings. The summed E-state index contributed by atoms with van der Waals surface area (Å²) < 4.78 is 9.01. The Morgan fingerprint density at radius 1 is 1.30 bits per heavy atom. The molecule has 3 aromatic heterocycles. The van der Waals surface area contributed by atoms with Gasteiger partial charge in [0.25, 0.3) is 5.56 Å². The van der Waals surface area contributed by atoms with Gasteiger partial charge in [0, 0.05) is 24.7 Å². The molecule has 1 fully saturated rings. The number of hydrogen-bond acceptors (Lipinski definition) is 4. The van der Waals surface area contributed by atoms with Crippen molar-refractivity contribution in [2.75, 3.05) is 0 Å². The summed E-state index contributed by atoms with van der Waals surface area (Å²) in [5.74, 6) is 0.759. The highest BCUT2D eigenvalue weighted by Crippen LogP contribution is 2.29. The molecule has 2 atom stereocenters. The molecule has 1 saturated heterocycles. The summed E-state index contributed by atoms with van der Waals surface area (Å²) in [6.45, 7) is 8.65. The molecule has 7 heteroatoms. The second kappa shape index (κ2) is 6.55. The largest absolute Gasteiger partial charge is 0.459 e.